The van der Waals surface area contributed by atoms with E-state index in [1.807, 2.05) is 24.3 Å². The Morgan fingerprint density at radius 3 is 2.35 bits per heavy atom. The summed E-state index contributed by atoms with van der Waals surface area (Å²) >= 11 is 0. The first-order valence-corrected chi connectivity index (χ1v) is 6.80. The number of aromatic nitrogens is 1. The van der Waals surface area contributed by atoms with Crippen molar-refractivity contribution in [3.05, 3.63) is 54.4 Å². The molecule has 5 nitrogen and oxygen atoms in total. The van der Waals surface area contributed by atoms with Gasteiger partial charge in [0, 0.05) is 30.5 Å². The van der Waals surface area contributed by atoms with Crippen molar-refractivity contribution in [2.45, 2.75) is 26.0 Å². The van der Waals surface area contributed by atoms with Crippen LogP contribution < -0.4 is 15.8 Å². The van der Waals surface area contributed by atoms with Gasteiger partial charge in [-0.2, -0.15) is 0 Å². The molecule has 1 unspecified atom stereocenters. The van der Waals surface area contributed by atoms with Crippen molar-refractivity contribution in [2.24, 2.45) is 5.73 Å². The SMILES string of the molecule is CC(N)CC(=O)Nc1ccc(OCc2ccncc2)cc1.Cl.Cl. The Hall–Kier alpha value is -1.82. The van der Waals surface area contributed by atoms with E-state index in [0.29, 0.717) is 13.0 Å². The van der Waals surface area contributed by atoms with Gasteiger partial charge in [-0.15, -0.1) is 24.8 Å². The first kappa shape index (κ1) is 21.2. The highest BCUT2D eigenvalue weighted by Gasteiger charge is 2.05. The first-order chi connectivity index (χ1) is 10.1. The van der Waals surface area contributed by atoms with E-state index in [1.165, 1.54) is 0 Å². The second-order valence-electron chi connectivity index (χ2n) is 4.90. The molecule has 0 spiro atoms. The van der Waals surface area contributed by atoms with Crippen LogP contribution in [0, 0.1) is 0 Å². The molecule has 1 heterocycles. The monoisotopic (exact) mass is 357 g/mol. The zero-order valence-corrected chi connectivity index (χ0v) is 14.4. The van der Waals surface area contributed by atoms with Crippen molar-refractivity contribution in [2.75, 3.05) is 5.32 Å². The molecule has 1 atom stereocenters. The molecule has 0 fully saturated rings. The summed E-state index contributed by atoms with van der Waals surface area (Å²) < 4.78 is 5.66. The Balaban J connectivity index is 0.00000242. The number of halogens is 2. The molecular formula is C16H21Cl2N3O2. The van der Waals surface area contributed by atoms with Gasteiger partial charge in [-0.1, -0.05) is 0 Å². The summed E-state index contributed by atoms with van der Waals surface area (Å²) in [7, 11) is 0. The number of pyridine rings is 1. The summed E-state index contributed by atoms with van der Waals surface area (Å²) in [5, 5.41) is 2.79. The molecule has 126 valence electrons. The molecular weight excluding hydrogens is 337 g/mol. The van der Waals surface area contributed by atoms with Crippen LogP contribution >= 0.6 is 24.8 Å². The predicted molar refractivity (Wildman–Crippen MR) is 96.4 cm³/mol. The normalized spacial score (nSPS) is 10.7. The van der Waals surface area contributed by atoms with Gasteiger partial charge in [0.2, 0.25) is 5.91 Å². The molecule has 1 aromatic carbocycles. The Kier molecular flexibility index (Phi) is 9.97. The second-order valence-corrected chi connectivity index (χ2v) is 4.90. The summed E-state index contributed by atoms with van der Waals surface area (Å²) in [6, 6.07) is 10.9. The Morgan fingerprint density at radius 1 is 1.17 bits per heavy atom. The third-order valence-electron chi connectivity index (χ3n) is 2.80. The van der Waals surface area contributed by atoms with Crippen molar-refractivity contribution in [1.29, 1.82) is 0 Å². The van der Waals surface area contributed by atoms with Crippen LogP contribution in [0.3, 0.4) is 0 Å². The number of hydrogen-bond acceptors (Lipinski definition) is 4. The summed E-state index contributed by atoms with van der Waals surface area (Å²) in [5.41, 5.74) is 7.37. The summed E-state index contributed by atoms with van der Waals surface area (Å²) in [5.74, 6) is 0.660. The number of hydrogen-bond donors (Lipinski definition) is 2. The van der Waals surface area contributed by atoms with E-state index < -0.39 is 0 Å². The zero-order chi connectivity index (χ0) is 15.1. The molecule has 0 aliphatic rings. The van der Waals surface area contributed by atoms with Crippen molar-refractivity contribution in [3.63, 3.8) is 0 Å². The number of carbonyl (C=O) groups excluding carboxylic acids is 1. The van der Waals surface area contributed by atoms with Crippen molar-refractivity contribution in [3.8, 4) is 5.75 Å². The van der Waals surface area contributed by atoms with Crippen LogP contribution in [0.25, 0.3) is 0 Å². The summed E-state index contributed by atoms with van der Waals surface area (Å²) in [4.78, 5) is 15.5. The molecule has 0 saturated heterocycles. The third-order valence-corrected chi connectivity index (χ3v) is 2.80. The lowest BCUT2D eigenvalue weighted by molar-refractivity contribution is -0.116. The average molecular weight is 358 g/mol. The number of benzene rings is 1. The van der Waals surface area contributed by atoms with Gasteiger partial charge in [0.15, 0.2) is 0 Å². The van der Waals surface area contributed by atoms with Crippen LogP contribution in [0.4, 0.5) is 5.69 Å². The van der Waals surface area contributed by atoms with Crippen molar-refractivity contribution >= 4 is 36.4 Å². The molecule has 0 aliphatic carbocycles. The maximum Gasteiger partial charge on any atom is 0.225 e. The number of nitrogens with one attached hydrogen (secondary N) is 1. The van der Waals surface area contributed by atoms with Crippen LogP contribution in [-0.2, 0) is 11.4 Å². The highest BCUT2D eigenvalue weighted by molar-refractivity contribution is 5.91. The average Bonchev–Trinajstić information content (AvgIpc) is 2.47. The van der Waals surface area contributed by atoms with Gasteiger partial charge in [-0.05, 0) is 48.9 Å². The topological polar surface area (TPSA) is 77.2 Å². The van der Waals surface area contributed by atoms with Crippen LogP contribution in [0.15, 0.2) is 48.8 Å². The number of anilines is 1. The highest BCUT2D eigenvalue weighted by Crippen LogP contribution is 2.17. The summed E-state index contributed by atoms with van der Waals surface area (Å²) in [6.07, 6.45) is 3.77. The molecule has 1 amide bonds. The minimum absolute atomic E-state index is 0. The van der Waals surface area contributed by atoms with Gasteiger partial charge in [0.05, 0.1) is 0 Å². The van der Waals surface area contributed by atoms with Gasteiger partial charge in [-0.3, -0.25) is 9.78 Å². The van der Waals surface area contributed by atoms with E-state index in [-0.39, 0.29) is 36.8 Å². The fourth-order valence-corrected chi connectivity index (χ4v) is 1.78. The van der Waals surface area contributed by atoms with Crippen LogP contribution in [0.5, 0.6) is 5.75 Å². The molecule has 0 aliphatic heterocycles. The highest BCUT2D eigenvalue weighted by atomic mass is 35.5. The minimum Gasteiger partial charge on any atom is -0.489 e. The standard InChI is InChI=1S/C16H19N3O2.2ClH/c1-12(17)10-16(20)19-14-2-4-15(5-3-14)21-11-13-6-8-18-9-7-13;;/h2-9,12H,10-11,17H2,1H3,(H,19,20);2*1H. The van der Waals surface area contributed by atoms with Crippen molar-refractivity contribution in [1.82, 2.24) is 4.98 Å². The molecule has 23 heavy (non-hydrogen) atoms. The maximum absolute atomic E-state index is 11.6. The van der Waals surface area contributed by atoms with E-state index in [0.717, 1.165) is 17.0 Å². The molecule has 0 bridgehead atoms. The van der Waals surface area contributed by atoms with Gasteiger partial charge in [0.25, 0.3) is 0 Å². The molecule has 1 aromatic heterocycles. The molecule has 0 radical (unpaired) electrons. The number of nitrogens with two attached hydrogens (primary N) is 1. The molecule has 2 rings (SSSR count). The van der Waals surface area contributed by atoms with E-state index in [4.69, 9.17) is 10.5 Å². The number of rotatable bonds is 6. The quantitative estimate of drug-likeness (QED) is 0.832. The van der Waals surface area contributed by atoms with E-state index >= 15 is 0 Å². The summed E-state index contributed by atoms with van der Waals surface area (Å²) in [6.45, 7) is 2.29. The molecule has 3 N–H and O–H groups in total. The largest absolute Gasteiger partial charge is 0.489 e. The fraction of sp³-hybridized carbons (Fsp3) is 0.250. The molecule has 2 aromatic rings. The van der Waals surface area contributed by atoms with E-state index in [1.54, 1.807) is 31.5 Å². The molecule has 7 heteroatoms. The van der Waals surface area contributed by atoms with Crippen LogP contribution in [0.1, 0.15) is 18.9 Å². The van der Waals surface area contributed by atoms with Crippen molar-refractivity contribution < 1.29 is 9.53 Å². The van der Waals surface area contributed by atoms with E-state index in [9.17, 15) is 4.79 Å². The number of carbonyl (C=O) groups is 1. The van der Waals surface area contributed by atoms with Gasteiger partial charge >= 0.3 is 0 Å². The number of amides is 1. The Morgan fingerprint density at radius 2 is 1.78 bits per heavy atom. The Labute approximate surface area is 148 Å². The molecule has 0 saturated carbocycles. The second kappa shape index (κ2) is 10.8. The number of nitrogens with zero attached hydrogens (tertiary/aromatic N) is 1. The lowest BCUT2D eigenvalue weighted by Gasteiger charge is -2.09. The zero-order valence-electron chi connectivity index (χ0n) is 12.8. The van der Waals surface area contributed by atoms with E-state index in [2.05, 4.69) is 10.3 Å². The fourth-order valence-electron chi connectivity index (χ4n) is 1.78. The lowest BCUT2D eigenvalue weighted by Crippen LogP contribution is -2.23. The van der Waals surface area contributed by atoms with Crippen LogP contribution in [-0.4, -0.2) is 16.9 Å². The maximum atomic E-state index is 11.6. The minimum atomic E-state index is -0.145. The lowest BCUT2D eigenvalue weighted by atomic mass is 10.2. The third kappa shape index (κ3) is 7.83. The van der Waals surface area contributed by atoms with Gasteiger partial charge in [0.1, 0.15) is 12.4 Å². The smallest absolute Gasteiger partial charge is 0.225 e. The number of ether oxygens (including phenoxy) is 1. The van der Waals surface area contributed by atoms with Gasteiger partial charge < -0.3 is 15.8 Å². The van der Waals surface area contributed by atoms with Crippen LogP contribution in [0.2, 0.25) is 0 Å². The first-order valence-electron chi connectivity index (χ1n) is 6.80. The van der Waals surface area contributed by atoms with Gasteiger partial charge in [-0.25, -0.2) is 0 Å². The Bertz CT molecular complexity index is 578. The predicted octanol–water partition coefficient (Wildman–Crippen LogP) is 3.18.